The van der Waals surface area contributed by atoms with Crippen molar-refractivity contribution in [1.29, 1.82) is 0 Å². The summed E-state index contributed by atoms with van der Waals surface area (Å²) in [6.45, 7) is 8.57. The maximum absolute atomic E-state index is 4.10. The summed E-state index contributed by atoms with van der Waals surface area (Å²) in [4.78, 5) is 0.278. The molecule has 1 heterocycles. The molecule has 74 valence electrons. The fourth-order valence-electron chi connectivity index (χ4n) is 0.977. The van der Waals surface area contributed by atoms with Gasteiger partial charge in [-0.15, -0.1) is 5.10 Å². The van der Waals surface area contributed by atoms with Gasteiger partial charge in [0.1, 0.15) is 0 Å². The highest BCUT2D eigenvalue weighted by atomic mass is 79.9. The van der Waals surface area contributed by atoms with Crippen LogP contribution in [0.2, 0.25) is 0 Å². The molecule has 0 radical (unpaired) electrons. The minimum atomic E-state index is 0.278. The van der Waals surface area contributed by atoms with Crippen molar-refractivity contribution in [3.8, 4) is 0 Å². The number of rotatable bonds is 3. The molecular weight excluding hydrogens is 230 g/mol. The molecule has 0 aromatic carbocycles. The number of alkyl halides is 1. The molecule has 0 N–H and O–H groups in total. The molecule has 1 rings (SSSR count). The maximum Gasteiger partial charge on any atom is 0.0960 e. The van der Waals surface area contributed by atoms with Crippen LogP contribution in [0.15, 0.2) is 6.20 Å². The molecule has 0 fully saturated rings. The molecule has 0 bridgehead atoms. The van der Waals surface area contributed by atoms with Crippen LogP contribution in [-0.4, -0.2) is 15.0 Å². The van der Waals surface area contributed by atoms with Gasteiger partial charge in [0.25, 0.3) is 0 Å². The zero-order valence-electron chi connectivity index (χ0n) is 8.53. The van der Waals surface area contributed by atoms with Gasteiger partial charge in [-0.25, -0.2) is 4.68 Å². The SMILES string of the molecule is CC(Br)c1cn(C(C)C(C)C)nn1. The third-order valence-corrected chi connectivity index (χ3v) is 2.79. The van der Waals surface area contributed by atoms with Crippen LogP contribution >= 0.6 is 15.9 Å². The largest absolute Gasteiger partial charge is 0.249 e. The first-order valence-corrected chi connectivity index (χ1v) is 5.49. The van der Waals surface area contributed by atoms with E-state index in [0.717, 1.165) is 5.69 Å². The monoisotopic (exact) mass is 245 g/mol. The van der Waals surface area contributed by atoms with E-state index >= 15 is 0 Å². The van der Waals surface area contributed by atoms with Gasteiger partial charge >= 0.3 is 0 Å². The number of halogens is 1. The summed E-state index contributed by atoms with van der Waals surface area (Å²) in [6.07, 6.45) is 2.00. The molecule has 0 amide bonds. The highest BCUT2D eigenvalue weighted by Gasteiger charge is 2.13. The van der Waals surface area contributed by atoms with Gasteiger partial charge in [0.15, 0.2) is 0 Å². The minimum absolute atomic E-state index is 0.278. The van der Waals surface area contributed by atoms with Crippen molar-refractivity contribution < 1.29 is 0 Å². The molecule has 0 aliphatic heterocycles. The van der Waals surface area contributed by atoms with Crippen molar-refractivity contribution in [3.05, 3.63) is 11.9 Å². The zero-order chi connectivity index (χ0) is 10.0. The van der Waals surface area contributed by atoms with Crippen LogP contribution in [0.25, 0.3) is 0 Å². The van der Waals surface area contributed by atoms with Crippen molar-refractivity contribution in [2.45, 2.75) is 38.6 Å². The van der Waals surface area contributed by atoms with Crippen molar-refractivity contribution in [1.82, 2.24) is 15.0 Å². The van der Waals surface area contributed by atoms with Gasteiger partial charge in [0.05, 0.1) is 16.6 Å². The smallest absolute Gasteiger partial charge is 0.0960 e. The van der Waals surface area contributed by atoms with Gasteiger partial charge in [-0.1, -0.05) is 35.0 Å². The Balaban J connectivity index is 2.79. The Hall–Kier alpha value is -0.380. The Morgan fingerprint density at radius 2 is 1.92 bits per heavy atom. The average Bonchev–Trinajstić information content (AvgIpc) is 2.50. The van der Waals surface area contributed by atoms with E-state index in [1.807, 2.05) is 17.8 Å². The standard InChI is InChI=1S/C9H16BrN3/c1-6(2)8(4)13-5-9(7(3)10)11-12-13/h5-8H,1-4H3. The predicted molar refractivity (Wildman–Crippen MR) is 56.9 cm³/mol. The predicted octanol–water partition coefficient (Wildman–Crippen LogP) is 2.95. The van der Waals surface area contributed by atoms with Crippen molar-refractivity contribution in [3.63, 3.8) is 0 Å². The van der Waals surface area contributed by atoms with Crippen LogP contribution in [-0.2, 0) is 0 Å². The van der Waals surface area contributed by atoms with E-state index in [1.165, 1.54) is 0 Å². The van der Waals surface area contributed by atoms with Crippen molar-refractivity contribution in [2.75, 3.05) is 0 Å². The first-order chi connectivity index (χ1) is 6.02. The Morgan fingerprint density at radius 3 is 2.31 bits per heavy atom. The minimum Gasteiger partial charge on any atom is -0.249 e. The number of aromatic nitrogens is 3. The highest BCUT2D eigenvalue weighted by Crippen LogP contribution is 2.21. The summed E-state index contributed by atoms with van der Waals surface area (Å²) in [5.74, 6) is 0.584. The lowest BCUT2D eigenvalue weighted by Crippen LogP contribution is -2.11. The van der Waals surface area contributed by atoms with Crippen LogP contribution in [0.3, 0.4) is 0 Å². The van der Waals surface area contributed by atoms with Crippen molar-refractivity contribution in [2.24, 2.45) is 5.92 Å². The normalized spacial score (nSPS) is 16.2. The Bertz CT molecular complexity index is 268. The molecule has 2 atom stereocenters. The van der Waals surface area contributed by atoms with Gasteiger partial charge in [-0.3, -0.25) is 0 Å². The molecule has 13 heavy (non-hydrogen) atoms. The first kappa shape index (κ1) is 10.7. The fourth-order valence-corrected chi connectivity index (χ4v) is 1.19. The lowest BCUT2D eigenvalue weighted by Gasteiger charge is -2.14. The number of hydrogen-bond acceptors (Lipinski definition) is 2. The molecule has 3 nitrogen and oxygen atoms in total. The summed E-state index contributed by atoms with van der Waals surface area (Å²) >= 11 is 3.47. The zero-order valence-corrected chi connectivity index (χ0v) is 10.1. The summed E-state index contributed by atoms with van der Waals surface area (Å²) in [5.41, 5.74) is 0.993. The summed E-state index contributed by atoms with van der Waals surface area (Å²) in [6, 6.07) is 0.410. The molecule has 1 aromatic heterocycles. The summed E-state index contributed by atoms with van der Waals surface area (Å²) in [5, 5.41) is 8.18. The van der Waals surface area contributed by atoms with Gasteiger partial charge in [-0.05, 0) is 19.8 Å². The van der Waals surface area contributed by atoms with Gasteiger partial charge < -0.3 is 0 Å². The molecule has 0 aliphatic carbocycles. The van der Waals surface area contributed by atoms with Crippen LogP contribution in [0.5, 0.6) is 0 Å². The molecule has 0 spiro atoms. The Kier molecular flexibility index (Phi) is 3.47. The van der Waals surface area contributed by atoms with Crippen LogP contribution in [0, 0.1) is 5.92 Å². The second kappa shape index (κ2) is 4.22. The first-order valence-electron chi connectivity index (χ1n) is 4.58. The van der Waals surface area contributed by atoms with Gasteiger partial charge in [-0.2, -0.15) is 0 Å². The van der Waals surface area contributed by atoms with E-state index in [-0.39, 0.29) is 4.83 Å². The van der Waals surface area contributed by atoms with Gasteiger partial charge in [0.2, 0.25) is 0 Å². The molecule has 4 heteroatoms. The van der Waals surface area contributed by atoms with E-state index in [9.17, 15) is 0 Å². The van der Waals surface area contributed by atoms with Crippen LogP contribution < -0.4 is 0 Å². The van der Waals surface area contributed by atoms with E-state index in [1.54, 1.807) is 0 Å². The second-order valence-corrected chi connectivity index (χ2v) is 5.10. The highest BCUT2D eigenvalue weighted by molar-refractivity contribution is 9.09. The molecule has 0 saturated carbocycles. The van der Waals surface area contributed by atoms with E-state index in [0.29, 0.717) is 12.0 Å². The number of nitrogens with zero attached hydrogens (tertiary/aromatic N) is 3. The van der Waals surface area contributed by atoms with Crippen LogP contribution in [0.4, 0.5) is 0 Å². The lowest BCUT2D eigenvalue weighted by molar-refractivity contribution is 0.368. The van der Waals surface area contributed by atoms with E-state index < -0.39 is 0 Å². The van der Waals surface area contributed by atoms with E-state index in [4.69, 9.17) is 0 Å². The van der Waals surface area contributed by atoms with Gasteiger partial charge in [0, 0.05) is 6.20 Å². The topological polar surface area (TPSA) is 30.7 Å². The summed E-state index contributed by atoms with van der Waals surface area (Å²) in [7, 11) is 0. The fraction of sp³-hybridized carbons (Fsp3) is 0.778. The van der Waals surface area contributed by atoms with E-state index in [2.05, 4.69) is 47.0 Å². The Morgan fingerprint density at radius 1 is 1.31 bits per heavy atom. The molecule has 0 saturated heterocycles. The molecular formula is C9H16BrN3. The molecule has 0 aliphatic rings. The lowest BCUT2D eigenvalue weighted by atomic mass is 10.1. The quantitative estimate of drug-likeness (QED) is 0.767. The average molecular weight is 246 g/mol. The second-order valence-electron chi connectivity index (χ2n) is 3.72. The molecule has 2 unspecified atom stereocenters. The Labute approximate surface area is 87.6 Å². The number of hydrogen-bond donors (Lipinski definition) is 0. The molecule has 1 aromatic rings. The third kappa shape index (κ3) is 2.53. The summed E-state index contributed by atoms with van der Waals surface area (Å²) < 4.78 is 1.93. The van der Waals surface area contributed by atoms with Crippen LogP contribution in [0.1, 0.15) is 44.3 Å². The third-order valence-electron chi connectivity index (χ3n) is 2.32. The van der Waals surface area contributed by atoms with Crippen molar-refractivity contribution >= 4 is 15.9 Å². The maximum atomic E-state index is 4.10.